The van der Waals surface area contributed by atoms with Gasteiger partial charge in [0.05, 0.1) is 11.1 Å². The van der Waals surface area contributed by atoms with Gasteiger partial charge in [-0.15, -0.1) is 0 Å². The van der Waals surface area contributed by atoms with Crippen LogP contribution in [0.3, 0.4) is 0 Å². The molecule has 1 aliphatic heterocycles. The Hall–Kier alpha value is -4.33. The largest absolute Gasteiger partial charge is 0.507 e. The SMILES string of the molecule is CC(C)=CCC(OC(=O)C=Cc1ccc2c(c1)OCO2)C1=CC(=O)c2c(O)ccc(O)c2C1=O. The lowest BCUT2D eigenvalue weighted by atomic mass is 9.85. The zero-order valence-corrected chi connectivity index (χ0v) is 18.5. The molecule has 2 aliphatic rings. The van der Waals surface area contributed by atoms with Crippen LogP contribution in [0.5, 0.6) is 23.0 Å². The molecule has 1 atom stereocenters. The number of benzene rings is 2. The molecule has 1 unspecified atom stereocenters. The van der Waals surface area contributed by atoms with Crippen molar-refractivity contribution in [1.82, 2.24) is 0 Å². The van der Waals surface area contributed by atoms with Gasteiger partial charge in [-0.25, -0.2) is 4.79 Å². The Morgan fingerprint density at radius 3 is 2.50 bits per heavy atom. The molecule has 0 fully saturated rings. The fourth-order valence-corrected chi connectivity index (χ4v) is 3.66. The molecule has 0 spiro atoms. The second-order valence-corrected chi connectivity index (χ2v) is 8.04. The van der Waals surface area contributed by atoms with E-state index in [9.17, 15) is 24.6 Å². The van der Waals surface area contributed by atoms with E-state index in [1.165, 1.54) is 12.2 Å². The van der Waals surface area contributed by atoms with Gasteiger partial charge in [-0.1, -0.05) is 17.7 Å². The molecule has 0 radical (unpaired) electrons. The second-order valence-electron chi connectivity index (χ2n) is 8.04. The van der Waals surface area contributed by atoms with Crippen molar-refractivity contribution in [1.29, 1.82) is 0 Å². The van der Waals surface area contributed by atoms with Crippen molar-refractivity contribution in [3.05, 3.63) is 76.4 Å². The van der Waals surface area contributed by atoms with Crippen LogP contribution in [-0.4, -0.2) is 40.6 Å². The van der Waals surface area contributed by atoms with Crippen molar-refractivity contribution >= 4 is 23.6 Å². The Morgan fingerprint density at radius 1 is 1.06 bits per heavy atom. The lowest BCUT2D eigenvalue weighted by Gasteiger charge is -2.23. The minimum atomic E-state index is -1.07. The topological polar surface area (TPSA) is 119 Å². The van der Waals surface area contributed by atoms with E-state index >= 15 is 0 Å². The molecule has 2 N–H and O–H groups in total. The van der Waals surface area contributed by atoms with E-state index in [1.54, 1.807) is 24.3 Å². The van der Waals surface area contributed by atoms with Crippen molar-refractivity contribution in [2.75, 3.05) is 6.79 Å². The quantitative estimate of drug-likeness (QED) is 0.285. The number of esters is 1. The molecule has 0 amide bonds. The Labute approximate surface area is 195 Å². The highest BCUT2D eigenvalue weighted by Crippen LogP contribution is 2.36. The molecule has 0 saturated heterocycles. The third-order valence-electron chi connectivity index (χ3n) is 5.34. The van der Waals surface area contributed by atoms with Crippen LogP contribution in [0, 0.1) is 0 Å². The summed E-state index contributed by atoms with van der Waals surface area (Å²) < 4.78 is 16.1. The molecule has 0 aromatic heterocycles. The van der Waals surface area contributed by atoms with Gasteiger partial charge < -0.3 is 24.4 Å². The molecule has 1 heterocycles. The number of fused-ring (bicyclic) bond motifs is 2. The van der Waals surface area contributed by atoms with Crippen LogP contribution < -0.4 is 9.47 Å². The average molecular weight is 462 g/mol. The first-order valence-electron chi connectivity index (χ1n) is 10.5. The zero-order chi connectivity index (χ0) is 24.4. The Kier molecular flexibility index (Phi) is 6.23. The fourth-order valence-electron chi connectivity index (χ4n) is 3.66. The van der Waals surface area contributed by atoms with Gasteiger partial charge in [0, 0.05) is 18.1 Å². The van der Waals surface area contributed by atoms with E-state index < -0.39 is 35.1 Å². The number of carbonyl (C=O) groups is 3. The van der Waals surface area contributed by atoms with Crippen molar-refractivity contribution in [2.24, 2.45) is 0 Å². The number of phenols is 2. The Balaban J connectivity index is 1.59. The second kappa shape index (κ2) is 9.27. The van der Waals surface area contributed by atoms with Gasteiger partial charge in [0.25, 0.3) is 0 Å². The summed E-state index contributed by atoms with van der Waals surface area (Å²) in [5.41, 5.74) is 0.939. The average Bonchev–Trinajstić information content (AvgIpc) is 3.27. The first-order valence-corrected chi connectivity index (χ1v) is 10.5. The number of aromatic hydroxyl groups is 2. The lowest BCUT2D eigenvalue weighted by molar-refractivity contribution is -0.140. The van der Waals surface area contributed by atoms with Gasteiger partial charge in [-0.2, -0.15) is 0 Å². The summed E-state index contributed by atoms with van der Waals surface area (Å²) in [6.07, 6.45) is 4.63. The van der Waals surface area contributed by atoms with Crippen LogP contribution in [0.4, 0.5) is 0 Å². The molecule has 2 aromatic rings. The highest BCUT2D eigenvalue weighted by molar-refractivity contribution is 6.27. The van der Waals surface area contributed by atoms with E-state index in [1.807, 2.05) is 13.8 Å². The maximum atomic E-state index is 13.1. The van der Waals surface area contributed by atoms with Crippen molar-refractivity contribution < 1.29 is 38.8 Å². The zero-order valence-electron chi connectivity index (χ0n) is 18.5. The molecule has 8 heteroatoms. The number of rotatable bonds is 6. The summed E-state index contributed by atoms with van der Waals surface area (Å²) in [7, 11) is 0. The lowest BCUT2D eigenvalue weighted by Crippen LogP contribution is -2.28. The fraction of sp³-hybridized carbons (Fsp3) is 0.192. The first kappa shape index (κ1) is 22.8. The molecule has 174 valence electrons. The van der Waals surface area contributed by atoms with E-state index in [-0.39, 0.29) is 29.9 Å². The van der Waals surface area contributed by atoms with Crippen molar-refractivity contribution in [3.8, 4) is 23.0 Å². The number of carbonyl (C=O) groups excluding carboxylic acids is 3. The number of hydrogen-bond acceptors (Lipinski definition) is 8. The maximum Gasteiger partial charge on any atom is 0.331 e. The van der Waals surface area contributed by atoms with Gasteiger partial charge in [-0.05, 0) is 55.8 Å². The normalized spacial score (nSPS) is 15.1. The number of hydrogen-bond donors (Lipinski definition) is 2. The van der Waals surface area contributed by atoms with Crippen LogP contribution >= 0.6 is 0 Å². The molecule has 4 rings (SSSR count). The predicted octanol–water partition coefficient (Wildman–Crippen LogP) is 4.11. The van der Waals surface area contributed by atoms with Crippen LogP contribution in [0.1, 0.15) is 46.5 Å². The minimum absolute atomic E-state index is 0.0827. The van der Waals surface area contributed by atoms with Crippen molar-refractivity contribution in [3.63, 3.8) is 0 Å². The summed E-state index contributed by atoms with van der Waals surface area (Å²) in [6, 6.07) is 7.45. The van der Waals surface area contributed by atoms with Crippen LogP contribution in [0.15, 0.2) is 59.7 Å². The Morgan fingerprint density at radius 2 is 1.76 bits per heavy atom. The first-order chi connectivity index (χ1) is 16.2. The summed E-state index contributed by atoms with van der Waals surface area (Å²) in [6.45, 7) is 3.83. The molecule has 34 heavy (non-hydrogen) atoms. The summed E-state index contributed by atoms with van der Waals surface area (Å²) in [4.78, 5) is 38.4. The van der Waals surface area contributed by atoms with Crippen LogP contribution in [0.2, 0.25) is 0 Å². The number of Topliss-reactive ketones (excluding diaryl/α,β-unsaturated/α-hetero) is 1. The van der Waals surface area contributed by atoms with E-state index in [4.69, 9.17) is 14.2 Å². The van der Waals surface area contributed by atoms with E-state index in [0.29, 0.717) is 17.1 Å². The molecule has 0 bridgehead atoms. The predicted molar refractivity (Wildman–Crippen MR) is 122 cm³/mol. The smallest absolute Gasteiger partial charge is 0.331 e. The molecule has 8 nitrogen and oxygen atoms in total. The highest BCUT2D eigenvalue weighted by atomic mass is 16.7. The van der Waals surface area contributed by atoms with Gasteiger partial charge >= 0.3 is 5.97 Å². The molecular formula is C26H22O8. The molecule has 1 aliphatic carbocycles. The Bertz CT molecular complexity index is 1280. The van der Waals surface area contributed by atoms with E-state index in [2.05, 4.69) is 0 Å². The summed E-state index contributed by atoms with van der Waals surface area (Å²) in [5, 5.41) is 20.2. The van der Waals surface area contributed by atoms with Gasteiger partial charge in [0.15, 0.2) is 23.1 Å². The van der Waals surface area contributed by atoms with Gasteiger partial charge in [0.1, 0.15) is 17.6 Å². The molecule has 2 aromatic carbocycles. The maximum absolute atomic E-state index is 13.1. The summed E-state index contributed by atoms with van der Waals surface area (Å²) >= 11 is 0. The third-order valence-corrected chi connectivity index (χ3v) is 5.34. The van der Waals surface area contributed by atoms with Gasteiger partial charge in [0.2, 0.25) is 6.79 Å². The minimum Gasteiger partial charge on any atom is -0.507 e. The third kappa shape index (κ3) is 4.56. The molecule has 0 saturated carbocycles. The highest BCUT2D eigenvalue weighted by Gasteiger charge is 2.35. The van der Waals surface area contributed by atoms with Crippen molar-refractivity contribution in [2.45, 2.75) is 26.4 Å². The summed E-state index contributed by atoms with van der Waals surface area (Å²) in [5.74, 6) is -1.75. The monoisotopic (exact) mass is 462 g/mol. The standard InChI is InChI=1S/C26H22O8/c1-14(2)3-8-20(16-12-19(29)24-17(27)6-7-18(28)25(24)26(16)31)34-23(30)10-5-15-4-9-21-22(11-15)33-13-32-21/h3-7,9-12,20,27-28H,8,13H2,1-2H3. The molecular weight excluding hydrogens is 440 g/mol. The number of ether oxygens (including phenoxy) is 3. The van der Waals surface area contributed by atoms with Crippen LogP contribution in [0.25, 0.3) is 6.08 Å². The number of ketones is 2. The van der Waals surface area contributed by atoms with E-state index in [0.717, 1.165) is 23.8 Å². The van der Waals surface area contributed by atoms with Gasteiger partial charge in [-0.3, -0.25) is 9.59 Å². The number of allylic oxidation sites excluding steroid dienone is 2. The number of phenolic OH excluding ortho intramolecular Hbond substituents is 2. The van der Waals surface area contributed by atoms with Crippen LogP contribution in [-0.2, 0) is 9.53 Å².